The van der Waals surface area contributed by atoms with Crippen LogP contribution < -0.4 is 10.6 Å². The first-order valence-electron chi connectivity index (χ1n) is 5.76. The maximum atomic E-state index is 11.9. The third kappa shape index (κ3) is 4.80. The van der Waals surface area contributed by atoms with Crippen molar-refractivity contribution in [2.45, 2.75) is 6.92 Å². The fourth-order valence-corrected chi connectivity index (χ4v) is 1.61. The summed E-state index contributed by atoms with van der Waals surface area (Å²) in [6.07, 6.45) is 0. The number of ether oxygens (including phenoxy) is 1. The van der Waals surface area contributed by atoms with E-state index in [0.29, 0.717) is 5.56 Å². The highest BCUT2D eigenvalue weighted by atomic mass is 32.1. The summed E-state index contributed by atoms with van der Waals surface area (Å²) in [5.41, 5.74) is 0.513. The molecular formula is C12H13N3O5S. The minimum Gasteiger partial charge on any atom is -0.468 e. The number of carbonyl (C=O) groups is 2. The highest BCUT2D eigenvalue weighted by molar-refractivity contribution is 7.80. The number of nitrogens with zero attached hydrogens (tertiary/aromatic N) is 1. The number of carbonyl (C=O) groups excluding carboxylic acids is 2. The van der Waals surface area contributed by atoms with Crippen molar-refractivity contribution >= 4 is 34.9 Å². The summed E-state index contributed by atoms with van der Waals surface area (Å²) in [5, 5.41) is 15.5. The zero-order valence-corrected chi connectivity index (χ0v) is 12.2. The first-order chi connectivity index (χ1) is 9.85. The number of hydrogen-bond acceptors (Lipinski definition) is 6. The summed E-state index contributed by atoms with van der Waals surface area (Å²) in [7, 11) is 1.23. The van der Waals surface area contributed by atoms with Crippen LogP contribution in [-0.4, -0.2) is 35.6 Å². The Morgan fingerprint density at radius 3 is 2.62 bits per heavy atom. The van der Waals surface area contributed by atoms with Crippen LogP contribution in [0.2, 0.25) is 0 Å². The molecule has 0 aliphatic carbocycles. The van der Waals surface area contributed by atoms with Gasteiger partial charge < -0.3 is 10.1 Å². The Morgan fingerprint density at radius 2 is 2.10 bits per heavy atom. The molecule has 1 aromatic rings. The Hall–Kier alpha value is -2.55. The lowest BCUT2D eigenvalue weighted by molar-refractivity contribution is -0.385. The number of benzene rings is 1. The first-order valence-corrected chi connectivity index (χ1v) is 6.17. The van der Waals surface area contributed by atoms with Gasteiger partial charge in [-0.15, -0.1) is 0 Å². The Kier molecular flexibility index (Phi) is 5.73. The Balaban J connectivity index is 2.68. The summed E-state index contributed by atoms with van der Waals surface area (Å²) in [4.78, 5) is 32.9. The van der Waals surface area contributed by atoms with Crippen LogP contribution in [0.5, 0.6) is 0 Å². The normalized spacial score (nSPS) is 9.62. The minimum atomic E-state index is -0.532. The van der Waals surface area contributed by atoms with Crippen LogP contribution in [0.3, 0.4) is 0 Å². The van der Waals surface area contributed by atoms with Crippen molar-refractivity contribution < 1.29 is 19.2 Å². The van der Waals surface area contributed by atoms with Crippen LogP contribution in [0.4, 0.5) is 5.69 Å². The number of methoxy groups -OCH3 is 1. The number of esters is 1. The summed E-state index contributed by atoms with van der Waals surface area (Å²) in [6, 6.07) is 3.95. The topological polar surface area (TPSA) is 111 Å². The lowest BCUT2D eigenvalue weighted by Gasteiger charge is -2.09. The van der Waals surface area contributed by atoms with Crippen molar-refractivity contribution in [2.75, 3.05) is 13.7 Å². The molecule has 0 aliphatic rings. The van der Waals surface area contributed by atoms with E-state index in [-0.39, 0.29) is 22.9 Å². The molecule has 0 atom stereocenters. The van der Waals surface area contributed by atoms with Crippen molar-refractivity contribution in [1.82, 2.24) is 10.6 Å². The predicted molar refractivity (Wildman–Crippen MR) is 77.9 cm³/mol. The molecule has 0 bridgehead atoms. The average Bonchev–Trinajstić information content (AvgIpc) is 2.44. The van der Waals surface area contributed by atoms with E-state index in [1.54, 1.807) is 0 Å². The quantitative estimate of drug-likeness (QED) is 0.364. The zero-order chi connectivity index (χ0) is 16.0. The van der Waals surface area contributed by atoms with Gasteiger partial charge >= 0.3 is 5.97 Å². The number of rotatable bonds is 4. The van der Waals surface area contributed by atoms with Crippen molar-refractivity contribution in [3.8, 4) is 0 Å². The van der Waals surface area contributed by atoms with Gasteiger partial charge in [0.25, 0.3) is 11.6 Å². The van der Waals surface area contributed by atoms with Gasteiger partial charge in [-0.1, -0.05) is 0 Å². The van der Waals surface area contributed by atoms with Crippen LogP contribution in [0.1, 0.15) is 15.9 Å². The molecule has 0 saturated carbocycles. The summed E-state index contributed by atoms with van der Waals surface area (Å²) < 4.78 is 4.40. The maximum Gasteiger partial charge on any atom is 0.325 e. The van der Waals surface area contributed by atoms with E-state index in [1.165, 1.54) is 32.2 Å². The maximum absolute atomic E-state index is 11.9. The molecule has 1 aromatic carbocycles. The largest absolute Gasteiger partial charge is 0.468 e. The minimum absolute atomic E-state index is 0.0404. The van der Waals surface area contributed by atoms with Crippen molar-refractivity contribution in [3.05, 3.63) is 39.4 Å². The predicted octanol–water partition coefficient (Wildman–Crippen LogP) is 0.681. The molecule has 0 heterocycles. The molecule has 21 heavy (non-hydrogen) atoms. The number of nitro benzene ring substituents is 1. The highest BCUT2D eigenvalue weighted by Gasteiger charge is 2.14. The molecule has 112 valence electrons. The molecule has 0 spiro atoms. The molecule has 0 radical (unpaired) electrons. The van der Waals surface area contributed by atoms with Crippen molar-refractivity contribution in [3.63, 3.8) is 0 Å². The zero-order valence-electron chi connectivity index (χ0n) is 11.3. The lowest BCUT2D eigenvalue weighted by Crippen LogP contribution is -2.41. The number of nitrogens with one attached hydrogen (secondary N) is 2. The van der Waals surface area contributed by atoms with Crippen LogP contribution in [0, 0.1) is 17.0 Å². The molecule has 1 rings (SSSR count). The fraction of sp³-hybridized carbons (Fsp3) is 0.250. The van der Waals surface area contributed by atoms with Gasteiger partial charge in [-0.2, -0.15) is 0 Å². The second-order valence-electron chi connectivity index (χ2n) is 3.97. The summed E-state index contributed by atoms with van der Waals surface area (Å²) >= 11 is 4.84. The number of amides is 1. The second-order valence-corrected chi connectivity index (χ2v) is 4.38. The Morgan fingerprint density at radius 1 is 1.43 bits per heavy atom. The van der Waals surface area contributed by atoms with Crippen molar-refractivity contribution in [1.29, 1.82) is 0 Å². The van der Waals surface area contributed by atoms with E-state index in [9.17, 15) is 19.7 Å². The van der Waals surface area contributed by atoms with Gasteiger partial charge in [-0.25, -0.2) is 0 Å². The monoisotopic (exact) mass is 311 g/mol. The number of hydrogen-bond donors (Lipinski definition) is 2. The average molecular weight is 311 g/mol. The number of aryl methyl sites for hydroxylation is 1. The van der Waals surface area contributed by atoms with Gasteiger partial charge in [0.15, 0.2) is 5.11 Å². The number of thiocarbonyl (C=S) groups is 1. The van der Waals surface area contributed by atoms with Crippen LogP contribution in [-0.2, 0) is 9.53 Å². The van der Waals surface area contributed by atoms with Gasteiger partial charge in [-0.05, 0) is 31.3 Å². The van der Waals surface area contributed by atoms with Gasteiger partial charge in [0.05, 0.1) is 12.0 Å². The van der Waals surface area contributed by atoms with E-state index >= 15 is 0 Å². The summed E-state index contributed by atoms with van der Waals surface area (Å²) in [5.74, 6) is -1.06. The first kappa shape index (κ1) is 16.5. The second kappa shape index (κ2) is 7.29. The van der Waals surface area contributed by atoms with E-state index < -0.39 is 16.8 Å². The molecule has 9 heteroatoms. The standard InChI is InChI=1S/C12H13N3O5S/c1-7-5-8(3-4-9(7)15(18)19)11(17)14-12(21)13-6-10(16)20-2/h3-5H,6H2,1-2H3,(H2,13,14,17,21). The number of nitro groups is 1. The van der Waals surface area contributed by atoms with Gasteiger partial charge in [0.1, 0.15) is 6.54 Å². The van der Waals surface area contributed by atoms with E-state index in [1.807, 2.05) is 0 Å². The lowest BCUT2D eigenvalue weighted by atomic mass is 10.1. The molecule has 0 aliphatic heterocycles. The third-order valence-electron chi connectivity index (χ3n) is 2.50. The third-order valence-corrected chi connectivity index (χ3v) is 2.75. The van der Waals surface area contributed by atoms with Crippen LogP contribution in [0.15, 0.2) is 18.2 Å². The smallest absolute Gasteiger partial charge is 0.325 e. The molecule has 0 fully saturated rings. The van der Waals surface area contributed by atoms with Gasteiger partial charge in [0, 0.05) is 17.2 Å². The van der Waals surface area contributed by atoms with Crippen LogP contribution >= 0.6 is 12.2 Å². The van der Waals surface area contributed by atoms with Gasteiger partial charge in [0.2, 0.25) is 0 Å². The van der Waals surface area contributed by atoms with E-state index in [4.69, 9.17) is 12.2 Å². The molecule has 1 amide bonds. The van der Waals surface area contributed by atoms with Gasteiger partial charge in [-0.3, -0.25) is 25.0 Å². The van der Waals surface area contributed by atoms with E-state index in [2.05, 4.69) is 15.4 Å². The SMILES string of the molecule is COC(=O)CNC(=S)NC(=O)c1ccc([N+](=O)[O-])c(C)c1. The Bertz CT molecular complexity index is 603. The van der Waals surface area contributed by atoms with Crippen molar-refractivity contribution in [2.24, 2.45) is 0 Å². The molecule has 0 saturated heterocycles. The molecule has 0 unspecified atom stereocenters. The molecular weight excluding hydrogens is 298 g/mol. The summed E-state index contributed by atoms with van der Waals surface area (Å²) in [6.45, 7) is 1.36. The molecule has 0 aromatic heterocycles. The fourth-order valence-electron chi connectivity index (χ4n) is 1.45. The van der Waals surface area contributed by atoms with Crippen LogP contribution in [0.25, 0.3) is 0 Å². The molecule has 2 N–H and O–H groups in total. The highest BCUT2D eigenvalue weighted by Crippen LogP contribution is 2.18. The van der Waals surface area contributed by atoms with E-state index in [0.717, 1.165) is 0 Å². The molecule has 8 nitrogen and oxygen atoms in total. The Labute approximate surface area is 125 Å².